The number of anilines is 2. The predicted octanol–water partition coefficient (Wildman–Crippen LogP) is 3.71. The summed E-state index contributed by atoms with van der Waals surface area (Å²) in [5, 5.41) is 0.514. The molecule has 1 aliphatic rings. The number of pyridine rings is 1. The maximum absolute atomic E-state index is 13.4. The highest BCUT2D eigenvalue weighted by Crippen LogP contribution is 2.36. The van der Waals surface area contributed by atoms with E-state index in [1.165, 1.54) is 25.9 Å². The smallest absolute Gasteiger partial charge is 0.313 e. The quantitative estimate of drug-likeness (QED) is 0.657. The van der Waals surface area contributed by atoms with Gasteiger partial charge in [0.25, 0.3) is 5.91 Å². The third-order valence-corrected chi connectivity index (χ3v) is 7.59. The number of benzene rings is 1. The van der Waals surface area contributed by atoms with Crippen molar-refractivity contribution in [2.24, 2.45) is 0 Å². The van der Waals surface area contributed by atoms with E-state index < -0.39 is 39.7 Å². The van der Waals surface area contributed by atoms with Crippen LogP contribution < -0.4 is 9.21 Å². The van der Waals surface area contributed by atoms with Crippen molar-refractivity contribution in [3.63, 3.8) is 0 Å². The largest absolute Gasteiger partial charge is 0.416 e. The van der Waals surface area contributed by atoms with E-state index in [-0.39, 0.29) is 12.2 Å². The Hall–Kier alpha value is -2.37. The molecule has 0 bridgehead atoms. The van der Waals surface area contributed by atoms with E-state index in [2.05, 4.69) is 4.98 Å². The van der Waals surface area contributed by atoms with Crippen LogP contribution >= 0.6 is 11.6 Å². The lowest BCUT2D eigenvalue weighted by Crippen LogP contribution is -2.47. The molecule has 1 amide bonds. The summed E-state index contributed by atoms with van der Waals surface area (Å²) < 4.78 is 67.5. The molecule has 1 aliphatic heterocycles. The molecule has 7 nitrogen and oxygen atoms in total. The van der Waals surface area contributed by atoms with E-state index in [1.54, 1.807) is 26.0 Å². The molecule has 0 radical (unpaired) electrons. The topological polar surface area (TPSA) is 73.8 Å². The minimum absolute atomic E-state index is 0.0247. The predicted molar refractivity (Wildman–Crippen MR) is 116 cm³/mol. The van der Waals surface area contributed by atoms with Gasteiger partial charge in [0, 0.05) is 37.0 Å². The molecule has 0 unspecified atom stereocenters. The molecule has 2 heterocycles. The Morgan fingerprint density at radius 1 is 1.16 bits per heavy atom. The molecule has 3 rings (SSSR count). The maximum atomic E-state index is 13.4. The molecule has 1 aromatic heterocycles. The third kappa shape index (κ3) is 4.28. The normalized spacial score (nSPS) is 18.8. The second-order valence-corrected chi connectivity index (χ2v) is 10.1. The molecule has 1 atom stereocenters. The van der Waals surface area contributed by atoms with E-state index in [0.717, 1.165) is 15.9 Å². The van der Waals surface area contributed by atoms with Crippen LogP contribution in [0.25, 0.3) is 0 Å². The van der Waals surface area contributed by atoms with E-state index >= 15 is 0 Å². The fourth-order valence-corrected chi connectivity index (χ4v) is 5.23. The SMILES string of the molecule is Cc1cc(C(F)(F)F)cc(N2[C@H](C(=O)N(C)c3cc(C)c(Cl)cc3C)CN(C)S2(=O)=O)n1. The van der Waals surface area contributed by atoms with Gasteiger partial charge in [-0.1, -0.05) is 11.6 Å². The van der Waals surface area contributed by atoms with Crippen molar-refractivity contribution in [1.29, 1.82) is 0 Å². The van der Waals surface area contributed by atoms with Crippen molar-refractivity contribution in [2.75, 3.05) is 29.8 Å². The first kappa shape index (κ1) is 24.3. The van der Waals surface area contributed by atoms with E-state index in [1.807, 2.05) is 0 Å². The molecule has 174 valence electrons. The number of nitrogens with zero attached hydrogens (tertiary/aromatic N) is 4. The zero-order chi connectivity index (χ0) is 24.2. The lowest BCUT2D eigenvalue weighted by Gasteiger charge is -2.28. The molecule has 1 saturated heterocycles. The number of carbonyl (C=O) groups is 1. The van der Waals surface area contributed by atoms with Crippen molar-refractivity contribution in [3.8, 4) is 0 Å². The van der Waals surface area contributed by atoms with Crippen LogP contribution in [0, 0.1) is 20.8 Å². The number of amides is 1. The highest BCUT2D eigenvalue weighted by molar-refractivity contribution is 7.90. The Morgan fingerprint density at radius 3 is 2.38 bits per heavy atom. The number of rotatable bonds is 3. The molecule has 0 saturated carbocycles. The van der Waals surface area contributed by atoms with Gasteiger partial charge in [0.1, 0.15) is 11.9 Å². The second-order valence-electron chi connectivity index (χ2n) is 7.74. The monoisotopic (exact) mass is 490 g/mol. The Morgan fingerprint density at radius 2 is 1.78 bits per heavy atom. The number of aryl methyl sites for hydroxylation is 3. The van der Waals surface area contributed by atoms with Gasteiger partial charge in [-0.3, -0.25) is 4.79 Å². The number of hydrogen-bond acceptors (Lipinski definition) is 4. The first-order valence-corrected chi connectivity index (χ1v) is 11.3. The number of likely N-dealkylation sites (N-methyl/N-ethyl adjacent to an activating group) is 2. The molecule has 1 aromatic carbocycles. The average Bonchev–Trinajstić information content (AvgIpc) is 2.91. The van der Waals surface area contributed by atoms with Crippen LogP contribution in [0.1, 0.15) is 22.4 Å². The van der Waals surface area contributed by atoms with Crippen LogP contribution in [-0.2, 0) is 21.2 Å². The zero-order valence-corrected chi connectivity index (χ0v) is 19.6. The number of alkyl halides is 3. The Kier molecular flexibility index (Phi) is 6.22. The zero-order valence-electron chi connectivity index (χ0n) is 18.0. The standard InChI is InChI=1S/C20H22ClF3N4O3S/c1-11-7-16(12(2)6-15(11)21)27(5)19(29)17-10-26(4)32(30,31)28(17)18-9-14(20(22,23)24)8-13(3)25-18/h6-9,17H,10H2,1-5H3/t17-/m0/s1. The Balaban J connectivity index is 2.09. The number of carbonyl (C=O) groups excluding carboxylic acids is 1. The van der Waals surface area contributed by atoms with Gasteiger partial charge >= 0.3 is 16.4 Å². The van der Waals surface area contributed by atoms with E-state index in [9.17, 15) is 26.4 Å². The van der Waals surface area contributed by atoms with Crippen molar-refractivity contribution >= 4 is 39.2 Å². The summed E-state index contributed by atoms with van der Waals surface area (Å²) >= 11 is 6.13. The van der Waals surface area contributed by atoms with Gasteiger partial charge in [-0.25, -0.2) is 9.29 Å². The lowest BCUT2D eigenvalue weighted by atomic mass is 10.1. The molecular formula is C20H22ClF3N4O3S. The minimum Gasteiger partial charge on any atom is -0.313 e. The minimum atomic E-state index is -4.70. The number of hydrogen-bond donors (Lipinski definition) is 0. The van der Waals surface area contributed by atoms with Gasteiger partial charge in [0.15, 0.2) is 0 Å². The average molecular weight is 491 g/mol. The third-order valence-electron chi connectivity index (χ3n) is 5.30. The van der Waals surface area contributed by atoms with Gasteiger partial charge in [-0.15, -0.1) is 0 Å². The van der Waals surface area contributed by atoms with Crippen molar-refractivity contribution < 1.29 is 26.4 Å². The van der Waals surface area contributed by atoms with Crippen LogP contribution in [0.3, 0.4) is 0 Å². The summed E-state index contributed by atoms with van der Waals surface area (Å²) in [4.78, 5) is 18.7. The summed E-state index contributed by atoms with van der Waals surface area (Å²) in [6.07, 6.45) is -4.70. The van der Waals surface area contributed by atoms with Crippen molar-refractivity contribution in [3.05, 3.63) is 51.7 Å². The first-order valence-electron chi connectivity index (χ1n) is 9.50. The van der Waals surface area contributed by atoms with Crippen LogP contribution in [0.2, 0.25) is 5.02 Å². The molecule has 0 aliphatic carbocycles. The Labute approximate surface area is 189 Å². The summed E-state index contributed by atoms with van der Waals surface area (Å²) in [5.74, 6) is -1.07. The second kappa shape index (κ2) is 8.20. The highest BCUT2D eigenvalue weighted by atomic mass is 35.5. The lowest BCUT2D eigenvalue weighted by molar-refractivity contribution is -0.137. The summed E-state index contributed by atoms with van der Waals surface area (Å²) in [7, 11) is -1.53. The molecule has 32 heavy (non-hydrogen) atoms. The molecule has 1 fully saturated rings. The van der Waals surface area contributed by atoms with Gasteiger partial charge in [-0.2, -0.15) is 25.9 Å². The molecule has 12 heteroatoms. The summed E-state index contributed by atoms with van der Waals surface area (Å²) in [6, 6.07) is 3.53. The van der Waals surface area contributed by atoms with Gasteiger partial charge in [0.2, 0.25) is 0 Å². The summed E-state index contributed by atoms with van der Waals surface area (Å²) in [6.45, 7) is 4.60. The van der Waals surface area contributed by atoms with Crippen LogP contribution in [0.15, 0.2) is 24.3 Å². The van der Waals surface area contributed by atoms with Crippen LogP contribution in [0.4, 0.5) is 24.7 Å². The van der Waals surface area contributed by atoms with Gasteiger partial charge in [-0.05, 0) is 56.2 Å². The maximum Gasteiger partial charge on any atom is 0.416 e. The van der Waals surface area contributed by atoms with E-state index in [4.69, 9.17) is 11.6 Å². The molecule has 0 N–H and O–H groups in total. The van der Waals surface area contributed by atoms with Crippen molar-refractivity contribution in [1.82, 2.24) is 9.29 Å². The van der Waals surface area contributed by atoms with Crippen LogP contribution in [-0.4, -0.2) is 50.3 Å². The Bertz CT molecular complexity index is 1190. The highest BCUT2D eigenvalue weighted by Gasteiger charge is 2.48. The molecular weight excluding hydrogens is 469 g/mol. The van der Waals surface area contributed by atoms with Crippen molar-refractivity contribution in [2.45, 2.75) is 33.0 Å². The number of aromatic nitrogens is 1. The fraction of sp³-hybridized carbons (Fsp3) is 0.400. The van der Waals surface area contributed by atoms with Gasteiger partial charge < -0.3 is 4.90 Å². The van der Waals surface area contributed by atoms with Gasteiger partial charge in [0.05, 0.1) is 5.56 Å². The number of halogens is 4. The molecule has 0 spiro atoms. The van der Waals surface area contributed by atoms with E-state index in [0.29, 0.717) is 26.6 Å². The summed E-state index contributed by atoms with van der Waals surface area (Å²) in [5.41, 5.74) is 0.842. The first-order chi connectivity index (χ1) is 14.6. The fourth-order valence-electron chi connectivity index (χ4n) is 3.58. The molecule has 2 aromatic rings. The van der Waals surface area contributed by atoms with Crippen LogP contribution in [0.5, 0.6) is 0 Å².